The van der Waals surface area contributed by atoms with E-state index in [4.69, 9.17) is 9.47 Å². The van der Waals surface area contributed by atoms with Gasteiger partial charge in [0.05, 0.1) is 20.1 Å². The van der Waals surface area contributed by atoms with Gasteiger partial charge in [-0.1, -0.05) is 84.9 Å². The lowest BCUT2D eigenvalue weighted by molar-refractivity contribution is -0.145. The molecule has 0 N–H and O–H groups in total. The van der Waals surface area contributed by atoms with Crippen LogP contribution in [0, 0.1) is 6.92 Å². The molecule has 38 heavy (non-hydrogen) atoms. The van der Waals surface area contributed by atoms with E-state index in [1.807, 2.05) is 31.2 Å². The van der Waals surface area contributed by atoms with Crippen LogP contribution in [0.5, 0.6) is 5.75 Å². The maximum atomic E-state index is 13.0. The van der Waals surface area contributed by atoms with E-state index >= 15 is 0 Å². The van der Waals surface area contributed by atoms with Gasteiger partial charge in [-0.05, 0) is 72.4 Å². The van der Waals surface area contributed by atoms with E-state index in [0.29, 0.717) is 13.2 Å². The van der Waals surface area contributed by atoms with Gasteiger partial charge in [0.25, 0.3) is 0 Å². The van der Waals surface area contributed by atoms with Gasteiger partial charge in [-0.25, -0.2) is 0 Å². The summed E-state index contributed by atoms with van der Waals surface area (Å²) in [5, 5.41) is 0. The molecule has 0 aliphatic rings. The first kappa shape index (κ1) is 27.2. The van der Waals surface area contributed by atoms with Crippen molar-refractivity contribution in [2.24, 2.45) is 0 Å². The first-order chi connectivity index (χ1) is 18.5. The predicted octanol–water partition coefficient (Wildman–Crippen LogP) is 7.93. The average molecular weight is 508 g/mol. The highest BCUT2D eigenvalue weighted by molar-refractivity contribution is 5.72. The number of carbonyl (C=O) groups is 1. The highest BCUT2D eigenvalue weighted by atomic mass is 16.5. The van der Waals surface area contributed by atoms with Crippen molar-refractivity contribution in [2.45, 2.75) is 45.8 Å². The molecule has 4 aromatic carbocycles. The summed E-state index contributed by atoms with van der Waals surface area (Å²) in [6, 6.07) is 35.5. The van der Waals surface area contributed by atoms with E-state index < -0.39 is 0 Å². The molecule has 0 aliphatic carbocycles. The van der Waals surface area contributed by atoms with Gasteiger partial charge in [-0.3, -0.25) is 9.69 Å². The molecule has 0 fully saturated rings. The monoisotopic (exact) mass is 507 g/mol. The fraction of sp³-hybridized carbons (Fsp3) is 0.265. The zero-order valence-electron chi connectivity index (χ0n) is 22.8. The summed E-state index contributed by atoms with van der Waals surface area (Å²) in [5.41, 5.74) is 6.87. The second-order valence-corrected chi connectivity index (χ2v) is 9.58. The van der Waals surface area contributed by atoms with E-state index in [0.717, 1.165) is 22.4 Å². The fourth-order valence-electron chi connectivity index (χ4n) is 4.99. The Balaban J connectivity index is 1.82. The van der Waals surface area contributed by atoms with Crippen molar-refractivity contribution in [1.82, 2.24) is 4.90 Å². The summed E-state index contributed by atoms with van der Waals surface area (Å²) >= 11 is 0. The standard InChI is InChI=1S/C34H37NO3/c1-5-38-34(36)23-33(30-20-19-25(2)32(22-30)29-17-12-18-31(21-29)37-4)35(24-27-13-8-6-9-14-27)26(3)28-15-10-7-11-16-28/h6-22,26,33H,5,23-24H2,1-4H3/t26-,33?/m1/s1. The third kappa shape index (κ3) is 6.70. The van der Waals surface area contributed by atoms with Gasteiger partial charge in [0.1, 0.15) is 5.75 Å². The Bertz CT molecular complexity index is 1320. The number of hydrogen-bond donors (Lipinski definition) is 0. The molecule has 4 nitrogen and oxygen atoms in total. The van der Waals surface area contributed by atoms with Crippen LogP contribution in [-0.4, -0.2) is 24.6 Å². The smallest absolute Gasteiger partial charge is 0.307 e. The van der Waals surface area contributed by atoms with Crippen LogP contribution in [0.4, 0.5) is 0 Å². The summed E-state index contributed by atoms with van der Waals surface area (Å²) in [6.07, 6.45) is 0.262. The van der Waals surface area contributed by atoms with Crippen LogP contribution in [-0.2, 0) is 16.1 Å². The van der Waals surface area contributed by atoms with Crippen LogP contribution >= 0.6 is 0 Å². The molecule has 4 rings (SSSR count). The minimum absolute atomic E-state index is 0.0670. The van der Waals surface area contributed by atoms with Crippen molar-refractivity contribution in [3.8, 4) is 16.9 Å². The second-order valence-electron chi connectivity index (χ2n) is 9.58. The second kappa shape index (κ2) is 13.1. The average Bonchev–Trinajstić information content (AvgIpc) is 2.96. The van der Waals surface area contributed by atoms with Crippen molar-refractivity contribution in [2.75, 3.05) is 13.7 Å². The zero-order chi connectivity index (χ0) is 26.9. The molecule has 0 heterocycles. The lowest BCUT2D eigenvalue weighted by Crippen LogP contribution is -2.33. The number of aryl methyl sites for hydroxylation is 1. The van der Waals surface area contributed by atoms with Gasteiger partial charge in [0.2, 0.25) is 0 Å². The summed E-state index contributed by atoms with van der Waals surface area (Å²) < 4.78 is 11.0. The van der Waals surface area contributed by atoms with E-state index in [-0.39, 0.29) is 24.5 Å². The Morgan fingerprint density at radius 3 is 2.24 bits per heavy atom. The number of methoxy groups -OCH3 is 1. The van der Waals surface area contributed by atoms with Crippen LogP contribution in [0.15, 0.2) is 103 Å². The Kier molecular flexibility index (Phi) is 9.34. The molecule has 4 aromatic rings. The first-order valence-electron chi connectivity index (χ1n) is 13.2. The fourth-order valence-corrected chi connectivity index (χ4v) is 4.99. The molecule has 4 heteroatoms. The topological polar surface area (TPSA) is 38.8 Å². The van der Waals surface area contributed by atoms with E-state index in [1.54, 1.807) is 7.11 Å². The molecule has 2 atom stereocenters. The Labute approximate surface area is 226 Å². The molecule has 0 saturated heterocycles. The Morgan fingerprint density at radius 1 is 0.842 bits per heavy atom. The number of hydrogen-bond acceptors (Lipinski definition) is 4. The number of benzene rings is 4. The summed E-state index contributed by atoms with van der Waals surface area (Å²) in [5.74, 6) is 0.623. The van der Waals surface area contributed by atoms with Crippen molar-refractivity contribution in [3.63, 3.8) is 0 Å². The zero-order valence-corrected chi connectivity index (χ0v) is 22.8. The summed E-state index contributed by atoms with van der Waals surface area (Å²) in [7, 11) is 1.68. The minimum atomic E-state index is -0.195. The normalized spacial score (nSPS) is 12.7. The SMILES string of the molecule is CCOC(=O)CC(c1ccc(C)c(-c2cccc(OC)c2)c1)N(Cc1ccccc1)[C@H](C)c1ccccc1. The first-order valence-corrected chi connectivity index (χ1v) is 13.2. The van der Waals surface area contributed by atoms with Crippen LogP contribution in [0.25, 0.3) is 11.1 Å². The molecule has 0 bridgehead atoms. The third-order valence-electron chi connectivity index (χ3n) is 7.08. The number of nitrogens with zero attached hydrogens (tertiary/aromatic N) is 1. The molecular weight excluding hydrogens is 470 g/mol. The van der Waals surface area contributed by atoms with Crippen LogP contribution in [0.2, 0.25) is 0 Å². The Morgan fingerprint density at radius 2 is 1.55 bits per heavy atom. The lowest BCUT2D eigenvalue weighted by Gasteiger charge is -2.37. The maximum Gasteiger partial charge on any atom is 0.307 e. The number of rotatable bonds is 11. The molecular formula is C34H37NO3. The van der Waals surface area contributed by atoms with Gasteiger partial charge in [-0.15, -0.1) is 0 Å². The van der Waals surface area contributed by atoms with Crippen molar-refractivity contribution in [3.05, 3.63) is 125 Å². The number of esters is 1. The van der Waals surface area contributed by atoms with Gasteiger partial charge in [0.15, 0.2) is 0 Å². The summed E-state index contributed by atoms with van der Waals surface area (Å²) in [6.45, 7) is 7.25. The lowest BCUT2D eigenvalue weighted by atomic mass is 9.92. The molecule has 196 valence electrons. The highest BCUT2D eigenvalue weighted by Crippen LogP contribution is 2.37. The third-order valence-corrected chi connectivity index (χ3v) is 7.08. The molecule has 0 aromatic heterocycles. The predicted molar refractivity (Wildman–Crippen MR) is 154 cm³/mol. The van der Waals surface area contributed by atoms with Crippen molar-refractivity contribution >= 4 is 5.97 Å². The maximum absolute atomic E-state index is 13.0. The van der Waals surface area contributed by atoms with Gasteiger partial charge in [-0.2, -0.15) is 0 Å². The van der Waals surface area contributed by atoms with E-state index in [9.17, 15) is 4.79 Å². The molecule has 0 aliphatic heterocycles. The van der Waals surface area contributed by atoms with Gasteiger partial charge >= 0.3 is 5.97 Å². The van der Waals surface area contributed by atoms with Crippen LogP contribution in [0.3, 0.4) is 0 Å². The molecule has 0 radical (unpaired) electrons. The molecule has 0 saturated carbocycles. The van der Waals surface area contributed by atoms with Gasteiger partial charge < -0.3 is 9.47 Å². The summed E-state index contributed by atoms with van der Waals surface area (Å²) in [4.78, 5) is 15.4. The molecule has 0 spiro atoms. The molecule has 1 unspecified atom stereocenters. The van der Waals surface area contributed by atoms with Crippen molar-refractivity contribution in [1.29, 1.82) is 0 Å². The minimum Gasteiger partial charge on any atom is -0.497 e. The number of carbonyl (C=O) groups excluding carboxylic acids is 1. The largest absolute Gasteiger partial charge is 0.497 e. The van der Waals surface area contributed by atoms with Crippen molar-refractivity contribution < 1.29 is 14.3 Å². The van der Waals surface area contributed by atoms with Crippen LogP contribution < -0.4 is 4.74 Å². The highest BCUT2D eigenvalue weighted by Gasteiger charge is 2.29. The van der Waals surface area contributed by atoms with E-state index in [1.165, 1.54) is 16.7 Å². The number of ether oxygens (including phenoxy) is 2. The van der Waals surface area contributed by atoms with E-state index in [2.05, 4.69) is 97.6 Å². The Hall–Kier alpha value is -3.89. The molecule has 0 amide bonds. The van der Waals surface area contributed by atoms with Crippen LogP contribution in [0.1, 0.15) is 54.6 Å². The van der Waals surface area contributed by atoms with Gasteiger partial charge in [0, 0.05) is 18.6 Å². The quantitative estimate of drug-likeness (QED) is 0.193.